The van der Waals surface area contributed by atoms with Crippen LogP contribution in [-0.2, 0) is 9.53 Å². The minimum atomic E-state index is -0.405. The first-order valence-corrected chi connectivity index (χ1v) is 8.92. The molecule has 1 fully saturated rings. The highest BCUT2D eigenvalue weighted by Crippen LogP contribution is 2.28. The molecule has 2 amide bonds. The number of anilines is 2. The molecular weight excluding hydrogens is 344 g/mol. The van der Waals surface area contributed by atoms with E-state index in [9.17, 15) is 9.59 Å². The van der Waals surface area contributed by atoms with E-state index in [-0.39, 0.29) is 5.91 Å². The molecule has 0 bridgehead atoms. The lowest BCUT2D eigenvalue weighted by atomic mass is 10.2. The Kier molecular flexibility index (Phi) is 6.10. The van der Waals surface area contributed by atoms with Gasteiger partial charge in [-0.05, 0) is 42.3 Å². The number of benzene rings is 2. The van der Waals surface area contributed by atoms with Crippen LogP contribution in [0.1, 0.15) is 18.9 Å². The topological polar surface area (TPSA) is 67.9 Å². The fourth-order valence-electron chi connectivity index (χ4n) is 2.67. The lowest BCUT2D eigenvalue weighted by molar-refractivity contribution is -0.111. The van der Waals surface area contributed by atoms with Crippen molar-refractivity contribution in [1.29, 1.82) is 0 Å². The monoisotopic (exact) mass is 366 g/mol. The molecule has 1 aliphatic rings. The van der Waals surface area contributed by atoms with Gasteiger partial charge in [0.1, 0.15) is 12.4 Å². The molecule has 2 aromatic carbocycles. The van der Waals surface area contributed by atoms with Crippen molar-refractivity contribution < 1.29 is 19.1 Å². The van der Waals surface area contributed by atoms with Crippen LogP contribution in [0.5, 0.6) is 5.75 Å². The molecule has 0 spiro atoms. The lowest BCUT2D eigenvalue weighted by Gasteiger charge is -2.17. The number of amides is 2. The molecule has 1 N–H and O–H groups in total. The van der Waals surface area contributed by atoms with Crippen LogP contribution in [-0.4, -0.2) is 31.8 Å². The summed E-state index contributed by atoms with van der Waals surface area (Å²) in [6.07, 6.45) is 3.74. The van der Waals surface area contributed by atoms with E-state index in [1.165, 1.54) is 11.0 Å². The third kappa shape index (κ3) is 4.88. The highest BCUT2D eigenvalue weighted by molar-refractivity contribution is 6.05. The van der Waals surface area contributed by atoms with Gasteiger partial charge >= 0.3 is 6.09 Å². The zero-order valence-corrected chi connectivity index (χ0v) is 15.2. The zero-order chi connectivity index (χ0) is 19.1. The van der Waals surface area contributed by atoms with Crippen LogP contribution in [0.15, 0.2) is 54.6 Å². The van der Waals surface area contributed by atoms with Crippen molar-refractivity contribution in [2.45, 2.75) is 13.3 Å². The molecule has 2 aromatic rings. The highest BCUT2D eigenvalue weighted by atomic mass is 16.6. The number of carbonyl (C=O) groups excluding carboxylic acids is 2. The Balaban J connectivity index is 1.64. The van der Waals surface area contributed by atoms with E-state index < -0.39 is 6.09 Å². The van der Waals surface area contributed by atoms with Gasteiger partial charge in [0.15, 0.2) is 0 Å². The van der Waals surface area contributed by atoms with Gasteiger partial charge in [0.25, 0.3) is 0 Å². The standard InChI is InChI=1S/C21H22N2O4/c1-2-14-26-17-10-7-16(8-11-17)9-12-20(24)22-18-5-3-4-6-19(18)23-13-15-27-21(23)25/h3-12H,2,13-15H2,1H3,(H,22,24)/b12-9+. The lowest BCUT2D eigenvalue weighted by Crippen LogP contribution is -2.25. The molecule has 0 unspecified atom stereocenters. The summed E-state index contributed by atoms with van der Waals surface area (Å²) in [5, 5.41) is 2.82. The van der Waals surface area contributed by atoms with Gasteiger partial charge < -0.3 is 14.8 Å². The van der Waals surface area contributed by atoms with Crippen molar-refractivity contribution in [1.82, 2.24) is 0 Å². The SMILES string of the molecule is CCCOc1ccc(/C=C/C(=O)Nc2ccccc2N2CCOC2=O)cc1. The molecule has 1 aliphatic heterocycles. The number of hydrogen-bond donors (Lipinski definition) is 1. The van der Waals surface area contributed by atoms with Crippen molar-refractivity contribution in [2.24, 2.45) is 0 Å². The van der Waals surface area contributed by atoms with Crippen molar-refractivity contribution >= 4 is 29.5 Å². The first-order chi connectivity index (χ1) is 13.2. The number of nitrogens with zero attached hydrogens (tertiary/aromatic N) is 1. The van der Waals surface area contributed by atoms with Crippen molar-refractivity contribution in [3.05, 3.63) is 60.2 Å². The molecular formula is C21H22N2O4. The first kappa shape index (κ1) is 18.5. The highest BCUT2D eigenvalue weighted by Gasteiger charge is 2.25. The molecule has 6 heteroatoms. The Morgan fingerprint density at radius 2 is 2.00 bits per heavy atom. The van der Waals surface area contributed by atoms with Gasteiger partial charge in [-0.3, -0.25) is 9.69 Å². The maximum absolute atomic E-state index is 12.3. The van der Waals surface area contributed by atoms with E-state index in [1.807, 2.05) is 30.3 Å². The Bertz CT molecular complexity index is 830. The maximum Gasteiger partial charge on any atom is 0.414 e. The predicted molar refractivity (Wildman–Crippen MR) is 105 cm³/mol. The summed E-state index contributed by atoms with van der Waals surface area (Å²) in [4.78, 5) is 25.6. The van der Waals surface area contributed by atoms with E-state index >= 15 is 0 Å². The van der Waals surface area contributed by atoms with Crippen molar-refractivity contribution in [3.63, 3.8) is 0 Å². The number of rotatable bonds is 7. The number of hydrogen-bond acceptors (Lipinski definition) is 4. The van der Waals surface area contributed by atoms with Gasteiger partial charge in [0.05, 0.1) is 24.5 Å². The summed E-state index contributed by atoms with van der Waals surface area (Å²) in [6.45, 7) is 3.55. The molecule has 140 valence electrons. The summed E-state index contributed by atoms with van der Waals surface area (Å²) in [5.74, 6) is 0.534. The zero-order valence-electron chi connectivity index (χ0n) is 15.2. The number of cyclic esters (lactones) is 1. The maximum atomic E-state index is 12.3. The predicted octanol–water partition coefficient (Wildman–Crippen LogP) is 4.08. The van der Waals surface area contributed by atoms with Crippen LogP contribution in [0.25, 0.3) is 6.08 Å². The fourth-order valence-corrected chi connectivity index (χ4v) is 2.67. The molecule has 3 rings (SSSR count). The minimum absolute atomic E-state index is 0.277. The normalized spacial score (nSPS) is 13.7. The smallest absolute Gasteiger partial charge is 0.414 e. The molecule has 0 radical (unpaired) electrons. The van der Waals surface area contributed by atoms with Gasteiger partial charge in [-0.25, -0.2) is 4.79 Å². The van der Waals surface area contributed by atoms with Crippen molar-refractivity contribution in [2.75, 3.05) is 30.0 Å². The van der Waals surface area contributed by atoms with Gasteiger partial charge in [0, 0.05) is 6.08 Å². The molecule has 0 aromatic heterocycles. The molecule has 1 saturated heterocycles. The second-order valence-electron chi connectivity index (χ2n) is 6.02. The van der Waals surface area contributed by atoms with Crippen LogP contribution < -0.4 is 15.0 Å². The Morgan fingerprint density at radius 3 is 2.70 bits per heavy atom. The van der Waals surface area contributed by atoms with Crippen molar-refractivity contribution in [3.8, 4) is 5.75 Å². The van der Waals surface area contributed by atoms with Gasteiger partial charge in [-0.1, -0.05) is 31.2 Å². The Morgan fingerprint density at radius 1 is 1.22 bits per heavy atom. The quantitative estimate of drug-likeness (QED) is 0.750. The summed E-state index contributed by atoms with van der Waals surface area (Å²) < 4.78 is 10.5. The molecule has 6 nitrogen and oxygen atoms in total. The summed E-state index contributed by atoms with van der Waals surface area (Å²) in [7, 11) is 0. The van der Waals surface area contributed by atoms with E-state index in [0.717, 1.165) is 17.7 Å². The molecule has 0 atom stereocenters. The summed E-state index contributed by atoms with van der Waals surface area (Å²) in [6, 6.07) is 14.7. The Labute approximate surface area is 158 Å². The van der Waals surface area contributed by atoms with Crippen LogP contribution in [0.3, 0.4) is 0 Å². The largest absolute Gasteiger partial charge is 0.494 e. The number of ether oxygens (including phenoxy) is 2. The Hall–Kier alpha value is -3.28. The summed E-state index contributed by atoms with van der Waals surface area (Å²) >= 11 is 0. The molecule has 1 heterocycles. The van der Waals surface area contributed by atoms with E-state index in [2.05, 4.69) is 12.2 Å². The number of nitrogens with one attached hydrogen (secondary N) is 1. The fraction of sp³-hybridized carbons (Fsp3) is 0.238. The number of carbonyl (C=O) groups is 2. The molecule has 0 saturated carbocycles. The average molecular weight is 366 g/mol. The van der Waals surface area contributed by atoms with Gasteiger partial charge in [-0.2, -0.15) is 0 Å². The first-order valence-electron chi connectivity index (χ1n) is 8.92. The molecule has 0 aliphatic carbocycles. The van der Waals surface area contributed by atoms with E-state index in [0.29, 0.717) is 31.1 Å². The van der Waals surface area contributed by atoms with Crippen LogP contribution in [0.4, 0.5) is 16.2 Å². The van der Waals surface area contributed by atoms with Gasteiger partial charge in [-0.15, -0.1) is 0 Å². The number of para-hydroxylation sites is 2. The third-order valence-corrected chi connectivity index (χ3v) is 3.99. The second kappa shape index (κ2) is 8.89. The minimum Gasteiger partial charge on any atom is -0.494 e. The van der Waals surface area contributed by atoms with Crippen LogP contribution >= 0.6 is 0 Å². The average Bonchev–Trinajstić information content (AvgIpc) is 3.12. The third-order valence-electron chi connectivity index (χ3n) is 3.99. The van der Waals surface area contributed by atoms with Gasteiger partial charge in [0.2, 0.25) is 5.91 Å². The second-order valence-corrected chi connectivity index (χ2v) is 6.02. The van der Waals surface area contributed by atoms with Crippen LogP contribution in [0.2, 0.25) is 0 Å². The molecule has 27 heavy (non-hydrogen) atoms. The van der Waals surface area contributed by atoms with E-state index in [1.54, 1.807) is 24.3 Å². The summed E-state index contributed by atoms with van der Waals surface area (Å²) in [5.41, 5.74) is 2.08. The van der Waals surface area contributed by atoms with E-state index in [4.69, 9.17) is 9.47 Å². The van der Waals surface area contributed by atoms with Crippen LogP contribution in [0, 0.1) is 0 Å².